The van der Waals surface area contributed by atoms with E-state index in [0.29, 0.717) is 42.2 Å². The zero-order chi connectivity index (χ0) is 33.5. The Hall–Kier alpha value is -3.92. The number of thiazole rings is 2. The van der Waals surface area contributed by atoms with Crippen LogP contribution in [-0.2, 0) is 25.7 Å². The van der Waals surface area contributed by atoms with Crippen LogP contribution in [-0.4, -0.2) is 75.0 Å². The Bertz CT molecular complexity index is 1460. The van der Waals surface area contributed by atoms with Crippen LogP contribution in [0.1, 0.15) is 103 Å². The molecule has 5 atom stereocenters. The number of aromatic nitrogens is 2. The molecule has 6 amide bonds. The number of amides is 6. The van der Waals surface area contributed by atoms with E-state index in [0.717, 1.165) is 11.3 Å². The van der Waals surface area contributed by atoms with Gasteiger partial charge in [0.05, 0.1) is 12.6 Å². The Morgan fingerprint density at radius 2 is 1.67 bits per heavy atom. The molecule has 2 aliphatic heterocycles. The van der Waals surface area contributed by atoms with E-state index in [2.05, 4.69) is 31.2 Å². The smallest absolute Gasteiger partial charge is 0.271 e. The number of nitrogens with zero attached hydrogens (tertiary/aromatic N) is 3. The van der Waals surface area contributed by atoms with Crippen LogP contribution in [0.15, 0.2) is 10.8 Å². The van der Waals surface area contributed by atoms with Crippen LogP contribution in [0.25, 0.3) is 0 Å². The first-order valence-electron chi connectivity index (χ1n) is 15.6. The highest BCUT2D eigenvalue weighted by atomic mass is 32.1. The Labute approximate surface area is 275 Å². The summed E-state index contributed by atoms with van der Waals surface area (Å²) in [5.41, 5.74) is 5.64. The van der Waals surface area contributed by atoms with Crippen molar-refractivity contribution in [1.29, 1.82) is 0 Å². The molecule has 2 aromatic heterocycles. The van der Waals surface area contributed by atoms with Crippen LogP contribution < -0.4 is 27.0 Å². The van der Waals surface area contributed by atoms with Crippen molar-refractivity contribution < 1.29 is 28.8 Å². The van der Waals surface area contributed by atoms with Gasteiger partial charge in [0, 0.05) is 23.7 Å². The normalized spacial score (nSPS) is 23.9. The van der Waals surface area contributed by atoms with Crippen molar-refractivity contribution in [2.24, 2.45) is 17.6 Å². The van der Waals surface area contributed by atoms with Crippen molar-refractivity contribution >= 4 is 58.1 Å². The number of carbonyl (C=O) groups is 6. The van der Waals surface area contributed by atoms with Gasteiger partial charge in [-0.25, -0.2) is 9.97 Å². The maximum absolute atomic E-state index is 13.9. The van der Waals surface area contributed by atoms with E-state index in [1.807, 2.05) is 27.7 Å². The summed E-state index contributed by atoms with van der Waals surface area (Å²) in [4.78, 5) is 89.5. The van der Waals surface area contributed by atoms with Crippen molar-refractivity contribution in [2.75, 3.05) is 6.54 Å². The van der Waals surface area contributed by atoms with Crippen molar-refractivity contribution in [3.8, 4) is 0 Å². The molecule has 2 aliphatic rings. The number of fused-ring (bicyclic) bond motifs is 5. The predicted molar refractivity (Wildman–Crippen MR) is 172 cm³/mol. The number of primary amides is 1. The highest BCUT2D eigenvalue weighted by molar-refractivity contribution is 7.10. The minimum atomic E-state index is -0.943. The second-order valence-electron chi connectivity index (χ2n) is 12.2. The highest BCUT2D eigenvalue weighted by Crippen LogP contribution is 2.25. The van der Waals surface area contributed by atoms with E-state index in [1.165, 1.54) is 16.2 Å². The minimum absolute atomic E-state index is 0.0298. The van der Waals surface area contributed by atoms with Gasteiger partial charge in [-0.1, -0.05) is 34.1 Å². The summed E-state index contributed by atoms with van der Waals surface area (Å²) in [6.45, 7) is 8.00. The quantitative estimate of drug-likeness (QED) is 0.291. The Balaban J connectivity index is 1.70. The summed E-state index contributed by atoms with van der Waals surface area (Å²) in [6, 6.07) is -3.40. The van der Waals surface area contributed by atoms with Gasteiger partial charge in [-0.15, -0.1) is 22.7 Å². The van der Waals surface area contributed by atoms with Gasteiger partial charge in [0.15, 0.2) is 0 Å². The Kier molecular flexibility index (Phi) is 11.8. The summed E-state index contributed by atoms with van der Waals surface area (Å²) in [6.07, 6.45) is 2.02. The molecule has 14 nitrogen and oxygen atoms in total. The highest BCUT2D eigenvalue weighted by Gasteiger charge is 2.40. The number of hydrogen-bond acceptors (Lipinski definition) is 10. The molecule has 4 heterocycles. The molecule has 1 saturated heterocycles. The molecule has 0 radical (unpaired) electrons. The fraction of sp³-hybridized carbons (Fsp3) is 0.600. The third kappa shape index (κ3) is 8.66. The summed E-state index contributed by atoms with van der Waals surface area (Å²) in [5, 5.41) is 15.4. The maximum atomic E-state index is 13.9. The molecule has 4 bridgehead atoms. The van der Waals surface area contributed by atoms with E-state index in [1.54, 1.807) is 10.8 Å². The first-order chi connectivity index (χ1) is 21.9. The summed E-state index contributed by atoms with van der Waals surface area (Å²) in [5.74, 6) is -3.09. The van der Waals surface area contributed by atoms with Gasteiger partial charge in [0.1, 0.15) is 39.5 Å². The van der Waals surface area contributed by atoms with Gasteiger partial charge in [-0.3, -0.25) is 28.8 Å². The summed E-state index contributed by atoms with van der Waals surface area (Å²) >= 11 is 2.34. The molecule has 2 aromatic rings. The van der Waals surface area contributed by atoms with Gasteiger partial charge in [0.2, 0.25) is 23.6 Å². The van der Waals surface area contributed by atoms with Gasteiger partial charge in [-0.05, 0) is 37.5 Å². The second kappa shape index (κ2) is 15.6. The molecule has 0 aromatic carbocycles. The van der Waals surface area contributed by atoms with Crippen LogP contribution in [0.2, 0.25) is 0 Å². The molecular formula is C30H42N8O6S2. The first kappa shape index (κ1) is 34.9. The lowest BCUT2D eigenvalue weighted by Crippen LogP contribution is -2.57. The van der Waals surface area contributed by atoms with Crippen LogP contribution in [0.3, 0.4) is 0 Å². The van der Waals surface area contributed by atoms with E-state index >= 15 is 0 Å². The van der Waals surface area contributed by atoms with Gasteiger partial charge in [-0.2, -0.15) is 0 Å². The van der Waals surface area contributed by atoms with Crippen LogP contribution >= 0.6 is 22.7 Å². The minimum Gasteiger partial charge on any atom is -0.370 e. The van der Waals surface area contributed by atoms with Crippen molar-refractivity contribution in [3.63, 3.8) is 0 Å². The fourth-order valence-electron chi connectivity index (χ4n) is 5.46. The molecule has 4 rings (SSSR count). The first-order valence-corrected chi connectivity index (χ1v) is 17.3. The molecule has 0 aliphatic carbocycles. The molecule has 16 heteroatoms. The van der Waals surface area contributed by atoms with Crippen LogP contribution in [0.4, 0.5) is 0 Å². The number of hydrogen-bond donors (Lipinski definition) is 5. The van der Waals surface area contributed by atoms with E-state index < -0.39 is 53.7 Å². The van der Waals surface area contributed by atoms with E-state index in [9.17, 15) is 28.8 Å². The van der Waals surface area contributed by atoms with Crippen LogP contribution in [0, 0.1) is 11.8 Å². The average molecular weight is 675 g/mol. The molecule has 0 spiro atoms. The lowest BCUT2D eigenvalue weighted by molar-refractivity contribution is -0.141. The lowest BCUT2D eigenvalue weighted by atomic mass is 9.97. The van der Waals surface area contributed by atoms with Crippen molar-refractivity contribution in [1.82, 2.24) is 36.1 Å². The molecule has 250 valence electrons. The SMILES string of the molecule is CC[C@H](C)[C@@H]1NC(=O)c2csc(n2)CNC(=O)c2csc(n2)[C@H](CCC(N)=O)NC(=O)[C@H](CC(C)C)NC(=O)[C@@H]2CCCN2C1=O. The van der Waals surface area contributed by atoms with Crippen LogP contribution in [0.5, 0.6) is 0 Å². The average Bonchev–Trinajstić information content (AvgIpc) is 3.80. The predicted octanol–water partition coefficient (Wildman–Crippen LogP) is 1.63. The molecule has 6 N–H and O–H groups in total. The van der Waals surface area contributed by atoms with Gasteiger partial charge < -0.3 is 31.9 Å². The number of rotatable bonds is 7. The van der Waals surface area contributed by atoms with Gasteiger partial charge in [0.25, 0.3) is 11.8 Å². The number of nitrogens with one attached hydrogen (secondary N) is 4. The molecule has 0 saturated carbocycles. The van der Waals surface area contributed by atoms with E-state index in [-0.39, 0.29) is 48.5 Å². The topological polar surface area (TPSA) is 206 Å². The third-order valence-corrected chi connectivity index (χ3v) is 9.98. The number of carbonyl (C=O) groups excluding carboxylic acids is 6. The molecule has 1 fully saturated rings. The summed E-state index contributed by atoms with van der Waals surface area (Å²) in [7, 11) is 0. The van der Waals surface area contributed by atoms with Crippen molar-refractivity contribution in [2.45, 2.75) is 96.9 Å². The largest absolute Gasteiger partial charge is 0.370 e. The lowest BCUT2D eigenvalue weighted by Gasteiger charge is -2.32. The molecule has 0 unspecified atom stereocenters. The Morgan fingerprint density at radius 1 is 0.978 bits per heavy atom. The molecule has 46 heavy (non-hydrogen) atoms. The Morgan fingerprint density at radius 3 is 2.37 bits per heavy atom. The third-order valence-electron chi connectivity index (χ3n) is 8.18. The zero-order valence-corrected chi connectivity index (χ0v) is 28.1. The second-order valence-corrected chi connectivity index (χ2v) is 14.0. The standard InChI is InChI=1S/C30H42N8O6S2/c1-5-16(4)24-30(44)38-10-6-7-21(38)28(43)35-18(11-15(2)3)26(41)34-17(8-9-22(31)39)29-36-19(14-46-29)25(40)32-12-23-33-20(13-45-23)27(42)37-24/h13-18,21,24H,5-12H2,1-4H3,(H2,31,39)(H,32,40)(H,34,41)(H,35,43)(H,37,42)/t16-,17-,18-,21-,24-/m0/s1. The molecular weight excluding hydrogens is 633 g/mol. The fourth-order valence-corrected chi connectivity index (χ4v) is 7.06. The van der Waals surface area contributed by atoms with Crippen molar-refractivity contribution in [3.05, 3.63) is 32.2 Å². The summed E-state index contributed by atoms with van der Waals surface area (Å²) < 4.78 is 0. The van der Waals surface area contributed by atoms with Gasteiger partial charge >= 0.3 is 0 Å². The van der Waals surface area contributed by atoms with E-state index in [4.69, 9.17) is 5.73 Å². The number of nitrogens with two attached hydrogens (primary N) is 1. The maximum Gasteiger partial charge on any atom is 0.271 e. The monoisotopic (exact) mass is 674 g/mol. The zero-order valence-electron chi connectivity index (χ0n) is 26.5.